The zero-order valence-corrected chi connectivity index (χ0v) is 18.4. The molecule has 4 aromatic rings. The van der Waals surface area contributed by atoms with Gasteiger partial charge in [0, 0.05) is 13.1 Å². The molecule has 0 radical (unpaired) electrons. The summed E-state index contributed by atoms with van der Waals surface area (Å²) in [6, 6.07) is 19.0. The lowest BCUT2D eigenvalue weighted by molar-refractivity contribution is 0.201. The second-order valence-electron chi connectivity index (χ2n) is 7.56. The van der Waals surface area contributed by atoms with Crippen molar-refractivity contribution in [3.63, 3.8) is 0 Å². The maximum atomic E-state index is 5.76. The zero-order chi connectivity index (χ0) is 21.2. The van der Waals surface area contributed by atoms with Crippen LogP contribution in [0.3, 0.4) is 0 Å². The number of methoxy groups -OCH3 is 2. The monoisotopic (exact) mass is 432 g/mol. The van der Waals surface area contributed by atoms with Crippen LogP contribution in [0.5, 0.6) is 11.5 Å². The first-order valence-corrected chi connectivity index (χ1v) is 11.2. The van der Waals surface area contributed by atoms with Gasteiger partial charge in [0.05, 0.1) is 30.8 Å². The van der Waals surface area contributed by atoms with E-state index >= 15 is 0 Å². The van der Waals surface area contributed by atoms with E-state index in [4.69, 9.17) is 18.9 Å². The fourth-order valence-electron chi connectivity index (χ4n) is 4.29. The van der Waals surface area contributed by atoms with Crippen molar-refractivity contribution in [1.29, 1.82) is 0 Å². The molecule has 1 atom stereocenters. The van der Waals surface area contributed by atoms with Gasteiger partial charge in [0.2, 0.25) is 5.89 Å². The number of benzene rings is 2. The lowest BCUT2D eigenvalue weighted by atomic mass is 9.87. The summed E-state index contributed by atoms with van der Waals surface area (Å²) >= 11 is 1.64. The van der Waals surface area contributed by atoms with Crippen LogP contribution in [0, 0.1) is 0 Å². The molecule has 0 aliphatic carbocycles. The smallest absolute Gasteiger partial charge is 0.236 e. The van der Waals surface area contributed by atoms with Crippen LogP contribution in [-0.2, 0) is 13.0 Å². The third-order valence-electron chi connectivity index (χ3n) is 5.74. The standard InChI is InChI=1S/C25H24N2O3S/c1-28-21-13-18-10-11-27(15-19-16-30-25(26-19)23-9-6-12-31-23)24(17-7-4-3-5-8-17)20(18)14-22(21)29-2/h3-9,12-14,16,24H,10-11,15H2,1-2H3. The Morgan fingerprint density at radius 2 is 1.87 bits per heavy atom. The Balaban J connectivity index is 1.52. The zero-order valence-electron chi connectivity index (χ0n) is 17.6. The molecule has 0 fully saturated rings. The molecule has 1 unspecified atom stereocenters. The molecule has 2 aromatic heterocycles. The van der Waals surface area contributed by atoms with Crippen LogP contribution in [0.15, 0.2) is 70.7 Å². The summed E-state index contributed by atoms with van der Waals surface area (Å²) in [6.45, 7) is 1.63. The Hall–Kier alpha value is -3.09. The van der Waals surface area contributed by atoms with Crippen molar-refractivity contribution in [3.05, 3.63) is 88.6 Å². The van der Waals surface area contributed by atoms with Crippen molar-refractivity contribution in [3.8, 4) is 22.3 Å². The highest BCUT2D eigenvalue weighted by Gasteiger charge is 2.31. The van der Waals surface area contributed by atoms with Crippen LogP contribution in [0.1, 0.15) is 28.4 Å². The van der Waals surface area contributed by atoms with Crippen LogP contribution >= 0.6 is 11.3 Å². The number of oxazole rings is 1. The molecule has 0 amide bonds. The molecule has 1 aliphatic heterocycles. The molecule has 2 aromatic carbocycles. The van der Waals surface area contributed by atoms with Gasteiger partial charge in [-0.25, -0.2) is 4.98 Å². The van der Waals surface area contributed by atoms with E-state index in [2.05, 4.69) is 47.4 Å². The summed E-state index contributed by atoms with van der Waals surface area (Å²) < 4.78 is 16.9. The highest BCUT2D eigenvalue weighted by molar-refractivity contribution is 7.13. The third kappa shape index (κ3) is 3.84. The van der Waals surface area contributed by atoms with Crippen LogP contribution in [0.2, 0.25) is 0 Å². The Morgan fingerprint density at radius 3 is 2.61 bits per heavy atom. The average molecular weight is 433 g/mol. The van der Waals surface area contributed by atoms with E-state index in [-0.39, 0.29) is 6.04 Å². The molecule has 31 heavy (non-hydrogen) atoms. The van der Waals surface area contributed by atoms with Crippen LogP contribution in [0.25, 0.3) is 10.8 Å². The molecule has 5 nitrogen and oxygen atoms in total. The Labute approximate surface area is 185 Å². The molecule has 158 valence electrons. The predicted molar refractivity (Wildman–Crippen MR) is 122 cm³/mol. The number of hydrogen-bond donors (Lipinski definition) is 0. The molecule has 1 aliphatic rings. The Morgan fingerprint density at radius 1 is 1.06 bits per heavy atom. The van der Waals surface area contributed by atoms with Crippen molar-refractivity contribution in [2.24, 2.45) is 0 Å². The summed E-state index contributed by atoms with van der Waals surface area (Å²) in [5, 5.41) is 2.04. The van der Waals surface area contributed by atoms with Crippen molar-refractivity contribution in [1.82, 2.24) is 9.88 Å². The van der Waals surface area contributed by atoms with E-state index in [9.17, 15) is 0 Å². The van der Waals surface area contributed by atoms with Gasteiger partial charge in [-0.15, -0.1) is 11.3 Å². The molecular formula is C25H24N2O3S. The Kier molecular flexibility index (Phi) is 5.49. The predicted octanol–water partition coefficient (Wildman–Crippen LogP) is 5.57. The molecule has 6 heteroatoms. The average Bonchev–Trinajstić information content (AvgIpc) is 3.51. The summed E-state index contributed by atoms with van der Waals surface area (Å²) in [5.74, 6) is 2.22. The lowest BCUT2D eigenvalue weighted by Gasteiger charge is -2.37. The number of thiophene rings is 1. The van der Waals surface area contributed by atoms with Crippen molar-refractivity contribution < 1.29 is 13.9 Å². The lowest BCUT2D eigenvalue weighted by Crippen LogP contribution is -2.35. The van der Waals surface area contributed by atoms with Crippen LogP contribution < -0.4 is 9.47 Å². The molecule has 0 saturated heterocycles. The second kappa shape index (κ2) is 8.57. The first kappa shape index (κ1) is 19.8. The van der Waals surface area contributed by atoms with Crippen molar-refractivity contribution in [2.75, 3.05) is 20.8 Å². The molecule has 0 bridgehead atoms. The van der Waals surface area contributed by atoms with Gasteiger partial charge in [0.15, 0.2) is 11.5 Å². The van der Waals surface area contributed by atoms with E-state index in [1.807, 2.05) is 17.5 Å². The largest absolute Gasteiger partial charge is 0.493 e. The fourth-order valence-corrected chi connectivity index (χ4v) is 4.95. The summed E-state index contributed by atoms with van der Waals surface area (Å²) in [7, 11) is 3.37. The van der Waals surface area contributed by atoms with E-state index in [0.717, 1.165) is 35.0 Å². The van der Waals surface area contributed by atoms with Crippen LogP contribution in [0.4, 0.5) is 0 Å². The van der Waals surface area contributed by atoms with Crippen LogP contribution in [-0.4, -0.2) is 30.6 Å². The van der Waals surface area contributed by atoms with E-state index < -0.39 is 0 Å². The topological polar surface area (TPSA) is 47.7 Å². The van der Waals surface area contributed by atoms with Gasteiger partial charge in [0.25, 0.3) is 0 Å². The Bertz CT molecular complexity index is 1150. The summed E-state index contributed by atoms with van der Waals surface area (Å²) in [5.41, 5.74) is 4.73. The minimum Gasteiger partial charge on any atom is -0.493 e. The number of fused-ring (bicyclic) bond motifs is 1. The molecule has 0 N–H and O–H groups in total. The van der Waals surface area contributed by atoms with Gasteiger partial charge >= 0.3 is 0 Å². The SMILES string of the molecule is COc1cc2c(cc1OC)C(c1ccccc1)N(Cc1coc(-c3cccs3)n1)CC2. The van der Waals surface area contributed by atoms with Crippen molar-refractivity contribution >= 4 is 11.3 Å². The molecule has 5 rings (SSSR count). The van der Waals surface area contributed by atoms with Gasteiger partial charge in [-0.2, -0.15) is 0 Å². The van der Waals surface area contributed by atoms with E-state index in [1.165, 1.54) is 16.7 Å². The quantitative estimate of drug-likeness (QED) is 0.399. The number of rotatable bonds is 6. The van der Waals surface area contributed by atoms with Gasteiger partial charge in [0.1, 0.15) is 6.26 Å². The number of nitrogens with zero attached hydrogens (tertiary/aromatic N) is 2. The maximum absolute atomic E-state index is 5.76. The van der Waals surface area contributed by atoms with E-state index in [1.54, 1.807) is 31.8 Å². The third-order valence-corrected chi connectivity index (χ3v) is 6.60. The molecular weight excluding hydrogens is 408 g/mol. The van der Waals surface area contributed by atoms with Crippen molar-refractivity contribution in [2.45, 2.75) is 19.0 Å². The molecule has 3 heterocycles. The van der Waals surface area contributed by atoms with E-state index in [0.29, 0.717) is 12.4 Å². The van der Waals surface area contributed by atoms with Gasteiger partial charge in [-0.3, -0.25) is 4.90 Å². The van der Waals surface area contributed by atoms with Gasteiger partial charge in [-0.05, 0) is 46.7 Å². The first-order chi connectivity index (χ1) is 15.3. The number of hydrogen-bond acceptors (Lipinski definition) is 6. The highest BCUT2D eigenvalue weighted by atomic mass is 32.1. The second-order valence-corrected chi connectivity index (χ2v) is 8.51. The summed E-state index contributed by atoms with van der Waals surface area (Å²) in [4.78, 5) is 8.26. The van der Waals surface area contributed by atoms with Gasteiger partial charge in [-0.1, -0.05) is 36.4 Å². The minimum atomic E-state index is 0.103. The highest BCUT2D eigenvalue weighted by Crippen LogP contribution is 2.41. The first-order valence-electron chi connectivity index (χ1n) is 10.3. The normalized spacial score (nSPS) is 16.1. The fraction of sp³-hybridized carbons (Fsp3) is 0.240. The summed E-state index contributed by atoms with van der Waals surface area (Å²) in [6.07, 6.45) is 2.72. The molecule has 0 saturated carbocycles. The van der Waals surface area contributed by atoms with Gasteiger partial charge < -0.3 is 13.9 Å². The number of ether oxygens (including phenoxy) is 2. The minimum absolute atomic E-state index is 0.103. The maximum Gasteiger partial charge on any atom is 0.236 e. The number of aromatic nitrogens is 1. The molecule has 0 spiro atoms.